The zero-order valence-electron chi connectivity index (χ0n) is 15.7. The van der Waals surface area contributed by atoms with Gasteiger partial charge in [-0.1, -0.05) is 13.8 Å². The Morgan fingerprint density at radius 2 is 1.74 bits per heavy atom. The second kappa shape index (κ2) is 9.75. The van der Waals surface area contributed by atoms with Crippen LogP contribution < -0.4 is 20.1 Å². The van der Waals surface area contributed by atoms with E-state index >= 15 is 0 Å². The van der Waals surface area contributed by atoms with E-state index in [4.69, 9.17) is 9.47 Å². The summed E-state index contributed by atoms with van der Waals surface area (Å²) in [7, 11) is 3.04. The third kappa shape index (κ3) is 5.97. The summed E-state index contributed by atoms with van der Waals surface area (Å²) in [5, 5.41) is 7.65. The normalized spacial score (nSPS) is 11.8. The lowest BCUT2D eigenvalue weighted by Crippen LogP contribution is -2.49. The highest BCUT2D eigenvalue weighted by Gasteiger charge is 2.25. The number of carbonyl (C=O) groups is 2. The Bertz CT molecular complexity index is 785. The highest BCUT2D eigenvalue weighted by atomic mass is 79.9. The highest BCUT2D eigenvalue weighted by Crippen LogP contribution is 2.23. The van der Waals surface area contributed by atoms with Gasteiger partial charge in [-0.3, -0.25) is 9.59 Å². The molecule has 1 aromatic carbocycles. The second-order valence-corrected chi connectivity index (χ2v) is 8.16. The van der Waals surface area contributed by atoms with Gasteiger partial charge in [0.05, 0.1) is 20.8 Å². The number of methoxy groups -OCH3 is 2. The molecule has 0 saturated carbocycles. The highest BCUT2D eigenvalue weighted by molar-refractivity contribution is 9.10. The summed E-state index contributed by atoms with van der Waals surface area (Å²) >= 11 is 4.95. The standard InChI is InChI=1S/C19H23BrN2O4S/c1-11(2)17(19(24)21-9-16-7-13(20)10-27-16)22-18(23)12-5-14(25-3)8-15(6-12)26-4/h5-8,10-11,17H,9H2,1-4H3,(H,21,24)(H,22,23). The van der Waals surface area contributed by atoms with Crippen molar-refractivity contribution in [3.05, 3.63) is 44.6 Å². The quantitative estimate of drug-likeness (QED) is 0.638. The van der Waals surface area contributed by atoms with Crippen LogP contribution in [0.1, 0.15) is 29.1 Å². The van der Waals surface area contributed by atoms with Gasteiger partial charge >= 0.3 is 0 Å². The molecule has 1 atom stereocenters. The lowest BCUT2D eigenvalue weighted by molar-refractivity contribution is -0.124. The maximum absolute atomic E-state index is 12.7. The topological polar surface area (TPSA) is 76.7 Å². The monoisotopic (exact) mass is 454 g/mol. The lowest BCUT2D eigenvalue weighted by atomic mass is 10.0. The molecule has 1 aromatic heterocycles. The summed E-state index contributed by atoms with van der Waals surface area (Å²) in [4.78, 5) is 26.3. The Morgan fingerprint density at radius 3 is 2.22 bits per heavy atom. The van der Waals surface area contributed by atoms with Crippen molar-refractivity contribution in [2.24, 2.45) is 5.92 Å². The van der Waals surface area contributed by atoms with Crippen molar-refractivity contribution in [3.8, 4) is 11.5 Å². The van der Waals surface area contributed by atoms with E-state index in [9.17, 15) is 9.59 Å². The minimum absolute atomic E-state index is 0.0727. The number of hydrogen-bond acceptors (Lipinski definition) is 5. The zero-order chi connectivity index (χ0) is 20.0. The molecule has 1 unspecified atom stereocenters. The molecule has 8 heteroatoms. The number of rotatable bonds is 8. The van der Waals surface area contributed by atoms with Gasteiger partial charge in [0.25, 0.3) is 5.91 Å². The van der Waals surface area contributed by atoms with Crippen LogP contribution in [0.4, 0.5) is 0 Å². The van der Waals surface area contributed by atoms with Crippen molar-refractivity contribution in [3.63, 3.8) is 0 Å². The number of hydrogen-bond donors (Lipinski definition) is 2. The summed E-state index contributed by atoms with van der Waals surface area (Å²) in [6.45, 7) is 4.19. The second-order valence-electron chi connectivity index (χ2n) is 6.25. The molecule has 0 bridgehead atoms. The first kappa shape index (κ1) is 21.2. The SMILES string of the molecule is COc1cc(OC)cc(C(=O)NC(C(=O)NCc2cc(Br)cs2)C(C)C)c1. The van der Waals surface area contributed by atoms with E-state index in [0.717, 1.165) is 9.35 Å². The fourth-order valence-corrected chi connectivity index (χ4v) is 3.82. The smallest absolute Gasteiger partial charge is 0.252 e. The predicted molar refractivity (Wildman–Crippen MR) is 110 cm³/mol. The molecule has 1 heterocycles. The van der Waals surface area contributed by atoms with Gasteiger partial charge < -0.3 is 20.1 Å². The molecule has 0 radical (unpaired) electrons. The number of ether oxygens (including phenoxy) is 2. The molecule has 2 rings (SSSR count). The van der Waals surface area contributed by atoms with E-state index in [0.29, 0.717) is 23.6 Å². The molecular weight excluding hydrogens is 432 g/mol. The van der Waals surface area contributed by atoms with Crippen LogP contribution in [-0.2, 0) is 11.3 Å². The lowest BCUT2D eigenvalue weighted by Gasteiger charge is -2.22. The number of amides is 2. The van der Waals surface area contributed by atoms with Crippen LogP contribution in [0, 0.1) is 5.92 Å². The summed E-state index contributed by atoms with van der Waals surface area (Å²) < 4.78 is 11.4. The van der Waals surface area contributed by atoms with Crippen molar-refractivity contribution in [1.29, 1.82) is 0 Å². The molecule has 146 valence electrons. The fraction of sp³-hybridized carbons (Fsp3) is 0.368. The molecular formula is C19H23BrN2O4S. The van der Waals surface area contributed by atoms with Crippen LogP contribution in [0.2, 0.25) is 0 Å². The Hall–Kier alpha value is -2.06. The van der Waals surface area contributed by atoms with Crippen LogP contribution in [-0.4, -0.2) is 32.1 Å². The number of benzene rings is 1. The molecule has 0 aliphatic rings. The summed E-state index contributed by atoms with van der Waals surface area (Å²) in [6.07, 6.45) is 0. The van der Waals surface area contributed by atoms with Gasteiger partial charge in [-0.15, -0.1) is 11.3 Å². The molecule has 6 nitrogen and oxygen atoms in total. The Balaban J connectivity index is 2.08. The first-order valence-corrected chi connectivity index (χ1v) is 10.1. The van der Waals surface area contributed by atoms with Gasteiger partial charge in [0.2, 0.25) is 5.91 Å². The van der Waals surface area contributed by atoms with Gasteiger partial charge in [0.15, 0.2) is 0 Å². The van der Waals surface area contributed by atoms with Gasteiger partial charge in [-0.2, -0.15) is 0 Å². The minimum atomic E-state index is -0.655. The van der Waals surface area contributed by atoms with Gasteiger partial charge in [0.1, 0.15) is 17.5 Å². The van der Waals surface area contributed by atoms with E-state index in [1.165, 1.54) is 14.2 Å². The minimum Gasteiger partial charge on any atom is -0.497 e. The Morgan fingerprint density at radius 1 is 1.11 bits per heavy atom. The molecule has 0 saturated heterocycles. The van der Waals surface area contributed by atoms with Crippen LogP contribution >= 0.6 is 27.3 Å². The van der Waals surface area contributed by atoms with Crippen molar-refractivity contribution in [1.82, 2.24) is 10.6 Å². The summed E-state index contributed by atoms with van der Waals surface area (Å²) in [6, 6.07) is 6.20. The number of thiophene rings is 1. The Labute approximate surface area is 171 Å². The Kier molecular flexibility index (Phi) is 7.67. The number of nitrogens with one attached hydrogen (secondary N) is 2. The molecule has 0 fully saturated rings. The van der Waals surface area contributed by atoms with Crippen LogP contribution in [0.25, 0.3) is 0 Å². The van der Waals surface area contributed by atoms with Crippen LogP contribution in [0.3, 0.4) is 0 Å². The zero-order valence-corrected chi connectivity index (χ0v) is 18.1. The number of carbonyl (C=O) groups excluding carboxylic acids is 2. The van der Waals surface area contributed by atoms with E-state index in [2.05, 4.69) is 26.6 Å². The average Bonchev–Trinajstić information content (AvgIpc) is 3.08. The largest absolute Gasteiger partial charge is 0.497 e. The van der Waals surface area contributed by atoms with E-state index < -0.39 is 6.04 Å². The van der Waals surface area contributed by atoms with Gasteiger partial charge in [0, 0.05) is 26.4 Å². The number of halogens is 1. The third-order valence-electron chi connectivity index (χ3n) is 3.91. The molecule has 0 aliphatic heterocycles. The average molecular weight is 455 g/mol. The molecule has 2 amide bonds. The third-order valence-corrected chi connectivity index (χ3v) is 5.61. The molecule has 2 N–H and O–H groups in total. The molecule has 0 spiro atoms. The fourth-order valence-electron chi connectivity index (χ4n) is 2.43. The van der Waals surface area contributed by atoms with Crippen molar-refractivity contribution < 1.29 is 19.1 Å². The summed E-state index contributed by atoms with van der Waals surface area (Å²) in [5.74, 6) is 0.357. The van der Waals surface area contributed by atoms with E-state index in [1.54, 1.807) is 29.5 Å². The first-order chi connectivity index (χ1) is 12.8. The maximum Gasteiger partial charge on any atom is 0.252 e. The van der Waals surface area contributed by atoms with Crippen LogP contribution in [0.5, 0.6) is 11.5 Å². The molecule has 0 aliphatic carbocycles. The predicted octanol–water partition coefficient (Wildman–Crippen LogP) is 3.60. The van der Waals surface area contributed by atoms with Crippen molar-refractivity contribution >= 4 is 39.1 Å². The van der Waals surface area contributed by atoms with Gasteiger partial charge in [-0.25, -0.2) is 0 Å². The van der Waals surface area contributed by atoms with Crippen molar-refractivity contribution in [2.75, 3.05) is 14.2 Å². The summed E-state index contributed by atoms with van der Waals surface area (Å²) in [5.41, 5.74) is 0.367. The van der Waals surface area contributed by atoms with Crippen LogP contribution in [0.15, 0.2) is 34.1 Å². The molecule has 2 aromatic rings. The van der Waals surface area contributed by atoms with Crippen molar-refractivity contribution in [2.45, 2.75) is 26.4 Å². The van der Waals surface area contributed by atoms with E-state index in [-0.39, 0.29) is 17.7 Å². The van der Waals surface area contributed by atoms with Gasteiger partial charge in [-0.05, 0) is 40.0 Å². The maximum atomic E-state index is 12.7. The first-order valence-electron chi connectivity index (χ1n) is 8.38. The molecule has 27 heavy (non-hydrogen) atoms. The van der Waals surface area contributed by atoms with E-state index in [1.807, 2.05) is 25.3 Å².